The number of aliphatic hydroxyl groups is 7. The molecule has 0 bridgehead atoms. The van der Waals surface area contributed by atoms with E-state index in [1.165, 1.54) is 19.3 Å². The average Bonchev–Trinajstić information content (AvgIpc) is 3.28. The van der Waals surface area contributed by atoms with Crippen molar-refractivity contribution in [2.45, 2.75) is 184 Å². The van der Waals surface area contributed by atoms with Gasteiger partial charge in [-0.05, 0) is 89.9 Å². The molecule has 65 heavy (non-hydrogen) atoms. The van der Waals surface area contributed by atoms with E-state index in [4.69, 9.17) is 18.5 Å². The van der Waals surface area contributed by atoms with Gasteiger partial charge in [-0.2, -0.15) is 0 Å². The number of unbranched alkanes of at least 4 members (excludes halogenated alkanes) is 4. The van der Waals surface area contributed by atoms with Gasteiger partial charge in [0.2, 0.25) is 0 Å². The van der Waals surface area contributed by atoms with E-state index in [2.05, 4.69) is 68.5 Å². The lowest BCUT2D eigenvalue weighted by molar-refractivity contribution is -0.220. The molecule has 15 nitrogen and oxygen atoms in total. The number of rotatable bonds is 36. The van der Waals surface area contributed by atoms with Crippen molar-refractivity contribution in [2.24, 2.45) is 0 Å². The van der Waals surface area contributed by atoms with Crippen LogP contribution in [0.1, 0.15) is 129 Å². The molecule has 1 rings (SSSR count). The molecule has 10 atom stereocenters. The summed E-state index contributed by atoms with van der Waals surface area (Å²) in [4.78, 5) is 35.7. The number of aliphatic hydroxyl groups excluding tert-OH is 7. The number of hydrogen-bond acceptors (Lipinski definition) is 14. The first kappa shape index (κ1) is 59.7. The number of carbonyl (C=O) groups excluding carboxylic acids is 2. The van der Waals surface area contributed by atoms with Crippen molar-refractivity contribution in [1.82, 2.24) is 0 Å². The van der Waals surface area contributed by atoms with Crippen LogP contribution in [0.25, 0.3) is 0 Å². The third-order valence-electron chi connectivity index (χ3n) is 10.1. The fraction of sp³-hybridized carbons (Fsp3) is 0.633. The highest BCUT2D eigenvalue weighted by Gasteiger charge is 2.51. The quantitative estimate of drug-likeness (QED) is 0.0136. The van der Waals surface area contributed by atoms with E-state index in [1.54, 1.807) is 6.08 Å². The molecule has 0 aromatic carbocycles. The maximum atomic E-state index is 12.8. The van der Waals surface area contributed by atoms with Gasteiger partial charge in [0, 0.05) is 12.8 Å². The summed E-state index contributed by atoms with van der Waals surface area (Å²) in [7, 11) is -5.21. The summed E-state index contributed by atoms with van der Waals surface area (Å²) in [6.45, 7) is 2.84. The van der Waals surface area contributed by atoms with Gasteiger partial charge in [0.1, 0.15) is 43.2 Å². The van der Waals surface area contributed by atoms with Crippen LogP contribution in [-0.2, 0) is 32.7 Å². The SMILES string of the molecule is CC/C=C\C/C=C\C/C=C\C/C=C\C[C@H](O)[C@@H](O)CCCC(=O)OC[C@H](COP(=O)(O)OC1[C@H](O)[C@H](O)C(O)[C@H](O)[C@H]1O)OC(=O)CCC/C=C\C/C=C\C/C=C\C/C=C\CCCCC. The van der Waals surface area contributed by atoms with E-state index in [-0.39, 0.29) is 32.1 Å². The van der Waals surface area contributed by atoms with Gasteiger partial charge in [0.05, 0.1) is 18.8 Å². The Bertz CT molecular complexity index is 1540. The molecule has 0 saturated heterocycles. The third kappa shape index (κ3) is 29.8. The lowest BCUT2D eigenvalue weighted by atomic mass is 9.85. The molecule has 1 saturated carbocycles. The molecule has 0 spiro atoms. The number of esters is 2. The summed E-state index contributed by atoms with van der Waals surface area (Å²) < 4.78 is 33.3. The Hall–Kier alpha value is -3.31. The largest absolute Gasteiger partial charge is 0.472 e. The molecule has 0 aliphatic heterocycles. The Morgan fingerprint density at radius 2 is 1.02 bits per heavy atom. The number of hydrogen-bond donors (Lipinski definition) is 8. The normalized spacial score (nSPS) is 23.3. The zero-order chi connectivity index (χ0) is 48.1. The first-order chi connectivity index (χ1) is 31.2. The number of carbonyl (C=O) groups is 2. The highest BCUT2D eigenvalue weighted by atomic mass is 31.2. The monoisotopic (exact) mass is 939 g/mol. The van der Waals surface area contributed by atoms with Gasteiger partial charge < -0.3 is 50.1 Å². The van der Waals surface area contributed by atoms with Crippen LogP contribution >= 0.6 is 7.82 Å². The summed E-state index contributed by atoms with van der Waals surface area (Å²) in [6, 6.07) is 0. The van der Waals surface area contributed by atoms with Crippen molar-refractivity contribution in [3.8, 4) is 0 Å². The molecule has 1 fully saturated rings. The molecular formula is C49H79O15P. The minimum Gasteiger partial charge on any atom is -0.462 e. The number of phosphoric ester groups is 1. The van der Waals surface area contributed by atoms with Crippen molar-refractivity contribution < 1.29 is 73.3 Å². The van der Waals surface area contributed by atoms with E-state index < -0.39 is 87.9 Å². The van der Waals surface area contributed by atoms with Crippen molar-refractivity contribution >= 4 is 19.8 Å². The lowest BCUT2D eigenvalue weighted by Gasteiger charge is -2.41. The molecule has 3 unspecified atom stereocenters. The summed E-state index contributed by atoms with van der Waals surface area (Å²) in [5.74, 6) is -1.46. The molecule has 0 heterocycles. The second kappa shape index (κ2) is 37.7. The average molecular weight is 939 g/mol. The predicted octanol–water partition coefficient (Wildman–Crippen LogP) is 6.99. The second-order valence-electron chi connectivity index (χ2n) is 15.8. The van der Waals surface area contributed by atoms with E-state index in [0.29, 0.717) is 19.3 Å². The molecule has 0 radical (unpaired) electrons. The lowest BCUT2D eigenvalue weighted by Crippen LogP contribution is -2.64. The topological polar surface area (TPSA) is 250 Å². The number of phosphoric acid groups is 1. The fourth-order valence-corrected chi connectivity index (χ4v) is 7.22. The van der Waals surface area contributed by atoms with E-state index in [9.17, 15) is 54.8 Å². The Morgan fingerprint density at radius 3 is 1.54 bits per heavy atom. The highest BCUT2D eigenvalue weighted by Crippen LogP contribution is 2.47. The molecule has 1 aliphatic carbocycles. The standard InChI is InChI=1S/C49H79O15P/c1-3-5-7-9-11-13-15-17-18-19-20-21-23-25-27-29-31-35-43(53)63-39(38-62-65(59,60)64-49-47(57)45(55)44(54)46(56)48(49)58)37-61-42(52)36-32-34-41(51)40(50)33-30-28-26-24-22-16-14-12-10-8-6-4-2/h6,8,11-14,17-18,20-22,24-25,27-28,30,39-41,44-51,54-58H,3-5,7,9-10,15-16,19,23,26,29,31-38H2,1-2H3,(H,59,60)/b8-6-,13-11-,14-12-,18-17-,21-20-,24-22-,27-25-,30-28-/t39-,40+,41+,44?,45-,46+,47-,48-,49?/m1/s1. The van der Waals surface area contributed by atoms with Gasteiger partial charge in [-0.3, -0.25) is 18.6 Å². The van der Waals surface area contributed by atoms with Crippen LogP contribution in [0, 0.1) is 0 Å². The van der Waals surface area contributed by atoms with Crippen LogP contribution in [0.15, 0.2) is 97.2 Å². The minimum absolute atomic E-state index is 0.0462. The Balaban J connectivity index is 2.62. The summed E-state index contributed by atoms with van der Waals surface area (Å²) in [6.07, 6.45) is 29.1. The summed E-state index contributed by atoms with van der Waals surface area (Å²) >= 11 is 0. The minimum atomic E-state index is -5.21. The zero-order valence-corrected chi connectivity index (χ0v) is 39.4. The molecule has 0 aromatic heterocycles. The molecule has 0 aromatic rings. The van der Waals surface area contributed by atoms with E-state index in [0.717, 1.165) is 44.9 Å². The van der Waals surface area contributed by atoms with Gasteiger partial charge in [0.25, 0.3) is 0 Å². The molecule has 0 amide bonds. The molecule has 370 valence electrons. The van der Waals surface area contributed by atoms with Crippen molar-refractivity contribution in [2.75, 3.05) is 13.2 Å². The highest BCUT2D eigenvalue weighted by molar-refractivity contribution is 7.47. The smallest absolute Gasteiger partial charge is 0.462 e. The van der Waals surface area contributed by atoms with Crippen LogP contribution in [-0.4, -0.2) is 121 Å². The van der Waals surface area contributed by atoms with Crippen molar-refractivity contribution in [3.05, 3.63) is 97.2 Å². The third-order valence-corrected chi connectivity index (χ3v) is 11.1. The molecule has 8 N–H and O–H groups in total. The van der Waals surface area contributed by atoms with E-state index in [1.807, 2.05) is 36.5 Å². The first-order valence-electron chi connectivity index (χ1n) is 23.2. The Labute approximate surface area is 386 Å². The van der Waals surface area contributed by atoms with Crippen molar-refractivity contribution in [1.29, 1.82) is 0 Å². The Kier molecular flexibility index (Phi) is 34.7. The van der Waals surface area contributed by atoms with Crippen LogP contribution in [0.3, 0.4) is 0 Å². The second-order valence-corrected chi connectivity index (χ2v) is 17.2. The van der Waals surface area contributed by atoms with Gasteiger partial charge in [-0.25, -0.2) is 4.57 Å². The van der Waals surface area contributed by atoms with Crippen molar-refractivity contribution in [3.63, 3.8) is 0 Å². The van der Waals surface area contributed by atoms with Gasteiger partial charge in [-0.1, -0.05) is 124 Å². The van der Waals surface area contributed by atoms with Crippen LogP contribution in [0.5, 0.6) is 0 Å². The van der Waals surface area contributed by atoms with Gasteiger partial charge >= 0.3 is 19.8 Å². The van der Waals surface area contributed by atoms with Crippen LogP contribution in [0.2, 0.25) is 0 Å². The predicted molar refractivity (Wildman–Crippen MR) is 251 cm³/mol. The first-order valence-corrected chi connectivity index (χ1v) is 24.7. The zero-order valence-electron chi connectivity index (χ0n) is 38.5. The van der Waals surface area contributed by atoms with Crippen LogP contribution < -0.4 is 0 Å². The molecule has 16 heteroatoms. The Morgan fingerprint density at radius 1 is 0.554 bits per heavy atom. The summed E-state index contributed by atoms with van der Waals surface area (Å²) in [5, 5.41) is 70.9. The maximum absolute atomic E-state index is 12.8. The van der Waals surface area contributed by atoms with Gasteiger partial charge in [-0.15, -0.1) is 0 Å². The van der Waals surface area contributed by atoms with E-state index >= 15 is 0 Å². The number of ether oxygens (including phenoxy) is 2. The molecular weight excluding hydrogens is 859 g/mol. The number of allylic oxidation sites excluding steroid dienone is 15. The molecule has 1 aliphatic rings. The van der Waals surface area contributed by atoms with Gasteiger partial charge in [0.15, 0.2) is 6.10 Å². The maximum Gasteiger partial charge on any atom is 0.472 e. The fourth-order valence-electron chi connectivity index (χ4n) is 6.25. The summed E-state index contributed by atoms with van der Waals surface area (Å²) in [5.41, 5.74) is 0. The van der Waals surface area contributed by atoms with Crippen LogP contribution in [0.4, 0.5) is 0 Å².